The van der Waals surface area contributed by atoms with Crippen molar-refractivity contribution in [3.63, 3.8) is 0 Å². The Morgan fingerprint density at radius 1 is 1.08 bits per heavy atom. The van der Waals surface area contributed by atoms with Crippen LogP contribution in [0.25, 0.3) is 10.9 Å². The molecule has 0 N–H and O–H groups in total. The number of rotatable bonds is 4. The predicted octanol–water partition coefficient (Wildman–Crippen LogP) is 5.30. The number of nitrogens with zero attached hydrogens (tertiary/aromatic N) is 1. The fraction of sp³-hybridized carbons (Fsp3) is 0.211. The van der Waals surface area contributed by atoms with Gasteiger partial charge in [-0.25, -0.2) is 0 Å². The lowest BCUT2D eigenvalue weighted by atomic mass is 10.0. The molecule has 0 aliphatic carbocycles. The fourth-order valence-corrected chi connectivity index (χ4v) is 2.85. The zero-order valence-corrected chi connectivity index (χ0v) is 13.1. The van der Waals surface area contributed by atoms with Crippen LogP contribution in [0, 0.1) is 0 Å². The Hall–Kier alpha value is -2.56. The molecular formula is C19H16F3NO. The van der Waals surface area contributed by atoms with Crippen LogP contribution in [0.2, 0.25) is 0 Å². The lowest BCUT2D eigenvalue weighted by molar-refractivity contribution is -0.137. The summed E-state index contributed by atoms with van der Waals surface area (Å²) in [4.78, 5) is 12.8. The summed E-state index contributed by atoms with van der Waals surface area (Å²) in [6.07, 6.45) is -1.83. The third kappa shape index (κ3) is 2.94. The number of hydrogen-bond donors (Lipinski definition) is 0. The summed E-state index contributed by atoms with van der Waals surface area (Å²) in [5.74, 6) is -0.396. The number of alkyl halides is 3. The fourth-order valence-electron chi connectivity index (χ4n) is 2.85. The second-order valence-corrected chi connectivity index (χ2v) is 5.66. The number of hydrogen-bond acceptors (Lipinski definition) is 1. The molecule has 24 heavy (non-hydrogen) atoms. The standard InChI is InChI=1S/C19H16F3NO/c1-2-10-23-12-16(15-8-3-4-9-17(15)23)18(24)13-6-5-7-14(11-13)19(20,21)22/h3-9,11-12H,2,10H2,1H3. The number of fused-ring (bicyclic) bond motifs is 1. The second-order valence-electron chi connectivity index (χ2n) is 5.66. The molecule has 0 fully saturated rings. The number of carbonyl (C=O) groups is 1. The van der Waals surface area contributed by atoms with Crippen molar-refractivity contribution >= 4 is 16.7 Å². The number of aryl methyl sites for hydroxylation is 1. The van der Waals surface area contributed by atoms with E-state index in [1.54, 1.807) is 6.20 Å². The number of aromatic nitrogens is 1. The second kappa shape index (κ2) is 6.15. The average molecular weight is 331 g/mol. The van der Waals surface area contributed by atoms with Gasteiger partial charge in [-0.15, -0.1) is 0 Å². The molecule has 3 aromatic rings. The number of halogens is 3. The first-order valence-corrected chi connectivity index (χ1v) is 7.71. The van der Waals surface area contributed by atoms with E-state index in [0.29, 0.717) is 5.56 Å². The van der Waals surface area contributed by atoms with E-state index in [1.807, 2.05) is 35.8 Å². The van der Waals surface area contributed by atoms with Gasteiger partial charge < -0.3 is 4.57 Å². The largest absolute Gasteiger partial charge is 0.416 e. The summed E-state index contributed by atoms with van der Waals surface area (Å²) < 4.78 is 40.6. The third-order valence-electron chi connectivity index (χ3n) is 3.95. The summed E-state index contributed by atoms with van der Waals surface area (Å²) in [5.41, 5.74) is 0.572. The van der Waals surface area contributed by atoms with Crippen LogP contribution in [0.4, 0.5) is 13.2 Å². The molecule has 124 valence electrons. The van der Waals surface area contributed by atoms with Crippen molar-refractivity contribution in [1.29, 1.82) is 0 Å². The maximum absolute atomic E-state index is 12.9. The van der Waals surface area contributed by atoms with Crippen LogP contribution in [0.3, 0.4) is 0 Å². The summed E-state index contributed by atoms with van der Waals surface area (Å²) in [5, 5.41) is 0.758. The van der Waals surface area contributed by atoms with Gasteiger partial charge in [-0.2, -0.15) is 13.2 Å². The van der Waals surface area contributed by atoms with Crippen molar-refractivity contribution in [2.24, 2.45) is 0 Å². The maximum atomic E-state index is 12.9. The molecule has 0 bridgehead atoms. The van der Waals surface area contributed by atoms with Crippen molar-refractivity contribution in [3.05, 3.63) is 71.4 Å². The van der Waals surface area contributed by atoms with Crippen LogP contribution in [0.1, 0.15) is 34.8 Å². The first-order valence-electron chi connectivity index (χ1n) is 7.71. The molecule has 0 aliphatic heterocycles. The Labute approximate surface area is 137 Å². The number of benzene rings is 2. The van der Waals surface area contributed by atoms with E-state index in [-0.39, 0.29) is 5.56 Å². The molecule has 0 saturated carbocycles. The van der Waals surface area contributed by atoms with Crippen LogP contribution in [0.15, 0.2) is 54.7 Å². The normalized spacial score (nSPS) is 11.8. The molecule has 2 aromatic carbocycles. The minimum Gasteiger partial charge on any atom is -0.347 e. The molecule has 0 atom stereocenters. The lowest BCUT2D eigenvalue weighted by Gasteiger charge is -2.08. The molecule has 0 unspecified atom stereocenters. The monoisotopic (exact) mass is 331 g/mol. The number of ketones is 1. The number of para-hydroxylation sites is 1. The average Bonchev–Trinajstić information content (AvgIpc) is 2.93. The van der Waals surface area contributed by atoms with Crippen LogP contribution >= 0.6 is 0 Å². The minimum atomic E-state index is -4.47. The van der Waals surface area contributed by atoms with Crippen molar-refractivity contribution in [2.75, 3.05) is 0 Å². The van der Waals surface area contributed by atoms with Gasteiger partial charge in [0.1, 0.15) is 0 Å². The smallest absolute Gasteiger partial charge is 0.347 e. The zero-order valence-electron chi connectivity index (χ0n) is 13.1. The van der Waals surface area contributed by atoms with Crippen LogP contribution in [-0.2, 0) is 12.7 Å². The molecule has 0 amide bonds. The lowest BCUT2D eigenvalue weighted by Crippen LogP contribution is -2.08. The first-order chi connectivity index (χ1) is 11.4. The molecule has 3 rings (SSSR count). The Morgan fingerprint density at radius 2 is 1.83 bits per heavy atom. The molecule has 0 aliphatic rings. The summed E-state index contributed by atoms with van der Waals surface area (Å²) in [6, 6.07) is 12.0. The Bertz CT molecular complexity index is 893. The molecule has 0 spiro atoms. The molecule has 1 heterocycles. The summed E-state index contributed by atoms with van der Waals surface area (Å²) in [6.45, 7) is 2.78. The highest BCUT2D eigenvalue weighted by Crippen LogP contribution is 2.31. The highest BCUT2D eigenvalue weighted by atomic mass is 19.4. The molecule has 5 heteroatoms. The van der Waals surface area contributed by atoms with Crippen molar-refractivity contribution in [2.45, 2.75) is 26.1 Å². The van der Waals surface area contributed by atoms with E-state index in [2.05, 4.69) is 0 Å². The minimum absolute atomic E-state index is 0.0456. The third-order valence-corrected chi connectivity index (χ3v) is 3.95. The van der Waals surface area contributed by atoms with E-state index in [0.717, 1.165) is 36.0 Å². The Balaban J connectivity index is 2.09. The van der Waals surface area contributed by atoms with Gasteiger partial charge >= 0.3 is 6.18 Å². The van der Waals surface area contributed by atoms with Crippen molar-refractivity contribution in [1.82, 2.24) is 4.57 Å². The predicted molar refractivity (Wildman–Crippen MR) is 87.1 cm³/mol. The van der Waals surface area contributed by atoms with Gasteiger partial charge in [0.05, 0.1) is 5.56 Å². The Morgan fingerprint density at radius 3 is 2.54 bits per heavy atom. The first kappa shape index (κ1) is 16.3. The highest BCUT2D eigenvalue weighted by Gasteiger charge is 2.31. The molecule has 0 saturated heterocycles. The van der Waals surface area contributed by atoms with Gasteiger partial charge in [0.2, 0.25) is 0 Å². The van der Waals surface area contributed by atoms with E-state index in [1.165, 1.54) is 12.1 Å². The van der Waals surface area contributed by atoms with Crippen molar-refractivity contribution < 1.29 is 18.0 Å². The van der Waals surface area contributed by atoms with Crippen LogP contribution < -0.4 is 0 Å². The van der Waals surface area contributed by atoms with E-state index >= 15 is 0 Å². The Kier molecular flexibility index (Phi) is 4.18. The maximum Gasteiger partial charge on any atom is 0.416 e. The van der Waals surface area contributed by atoms with Crippen molar-refractivity contribution in [3.8, 4) is 0 Å². The van der Waals surface area contributed by atoms with Crippen LogP contribution in [-0.4, -0.2) is 10.4 Å². The molecular weight excluding hydrogens is 315 g/mol. The van der Waals surface area contributed by atoms with E-state index in [9.17, 15) is 18.0 Å². The zero-order chi connectivity index (χ0) is 17.3. The summed E-state index contributed by atoms with van der Waals surface area (Å²) in [7, 11) is 0. The van der Waals surface area contributed by atoms with Gasteiger partial charge in [-0.1, -0.05) is 37.3 Å². The highest BCUT2D eigenvalue weighted by molar-refractivity contribution is 6.16. The van der Waals surface area contributed by atoms with Gasteiger partial charge in [0.25, 0.3) is 0 Å². The summed E-state index contributed by atoms with van der Waals surface area (Å²) >= 11 is 0. The van der Waals surface area contributed by atoms with Gasteiger partial charge in [0.15, 0.2) is 5.78 Å². The van der Waals surface area contributed by atoms with Gasteiger partial charge in [0, 0.05) is 34.8 Å². The molecule has 2 nitrogen and oxygen atoms in total. The van der Waals surface area contributed by atoms with E-state index in [4.69, 9.17) is 0 Å². The SMILES string of the molecule is CCCn1cc(C(=O)c2cccc(C(F)(F)F)c2)c2ccccc21. The topological polar surface area (TPSA) is 22.0 Å². The van der Waals surface area contributed by atoms with Crippen LogP contribution in [0.5, 0.6) is 0 Å². The number of carbonyl (C=O) groups excluding carboxylic acids is 1. The van der Waals surface area contributed by atoms with Gasteiger partial charge in [-0.3, -0.25) is 4.79 Å². The molecule has 0 radical (unpaired) electrons. The molecule has 1 aromatic heterocycles. The van der Waals surface area contributed by atoms with Gasteiger partial charge in [-0.05, 0) is 24.6 Å². The quantitative estimate of drug-likeness (QED) is 0.595. The van der Waals surface area contributed by atoms with E-state index < -0.39 is 17.5 Å².